The minimum Gasteiger partial charge on any atom is -0.304 e. The third kappa shape index (κ3) is 3.23. The molecule has 1 heterocycles. The fraction of sp³-hybridized carbons (Fsp3) is 0.562. The number of hydrogen-bond donors (Lipinski definition) is 0. The van der Waals surface area contributed by atoms with Gasteiger partial charge >= 0.3 is 0 Å². The van der Waals surface area contributed by atoms with E-state index in [1.807, 2.05) is 25.1 Å². The Morgan fingerprint density at radius 1 is 1.32 bits per heavy atom. The van der Waals surface area contributed by atoms with Gasteiger partial charge in [0.05, 0.1) is 5.41 Å². The fourth-order valence-corrected chi connectivity index (χ4v) is 2.85. The molecular weight excluding hydrogens is 236 g/mol. The van der Waals surface area contributed by atoms with Crippen molar-refractivity contribution in [2.75, 3.05) is 33.2 Å². The Balaban J connectivity index is 2.13. The molecule has 0 N–H and O–H groups in total. The topological polar surface area (TPSA) is 23.6 Å². The largest absolute Gasteiger partial charge is 0.304 e. The van der Waals surface area contributed by atoms with Crippen LogP contribution >= 0.6 is 0 Å². The molecule has 1 saturated heterocycles. The predicted molar refractivity (Wildman–Crippen MR) is 78.4 cm³/mol. The Hall–Kier alpha value is -1.19. The van der Waals surface area contributed by atoms with Gasteiger partial charge < -0.3 is 9.69 Å². The van der Waals surface area contributed by atoms with E-state index in [0.29, 0.717) is 6.04 Å². The van der Waals surface area contributed by atoms with Crippen molar-refractivity contribution in [1.29, 1.82) is 0 Å². The highest BCUT2D eigenvalue weighted by Gasteiger charge is 2.32. The molecule has 2 atom stereocenters. The average Bonchev–Trinajstić information content (AvgIpc) is 2.43. The summed E-state index contributed by atoms with van der Waals surface area (Å²) in [5.41, 5.74) is 0.696. The molecule has 0 spiro atoms. The lowest BCUT2D eigenvalue weighted by atomic mass is 9.83. The average molecular weight is 260 g/mol. The van der Waals surface area contributed by atoms with E-state index >= 15 is 0 Å². The van der Waals surface area contributed by atoms with E-state index in [1.54, 1.807) is 0 Å². The van der Waals surface area contributed by atoms with Crippen LogP contribution in [-0.4, -0.2) is 55.4 Å². The van der Waals surface area contributed by atoms with Crippen molar-refractivity contribution in [2.24, 2.45) is 0 Å². The summed E-state index contributed by atoms with van der Waals surface area (Å²) in [7, 11) is 2.16. The SMILES string of the molecule is CC1CN(C)CCN1CC(C)(C=O)c1ccccc1. The fourth-order valence-electron chi connectivity index (χ4n) is 2.85. The van der Waals surface area contributed by atoms with Crippen LogP contribution < -0.4 is 0 Å². The zero-order valence-electron chi connectivity index (χ0n) is 12.2. The number of benzene rings is 1. The molecule has 2 rings (SSSR count). The van der Waals surface area contributed by atoms with Crippen LogP contribution in [0.3, 0.4) is 0 Å². The summed E-state index contributed by atoms with van der Waals surface area (Å²) < 4.78 is 0. The molecule has 0 saturated carbocycles. The zero-order valence-corrected chi connectivity index (χ0v) is 12.2. The van der Waals surface area contributed by atoms with Crippen LogP contribution in [0.4, 0.5) is 0 Å². The highest BCUT2D eigenvalue weighted by Crippen LogP contribution is 2.24. The third-order valence-corrected chi connectivity index (χ3v) is 4.19. The summed E-state index contributed by atoms with van der Waals surface area (Å²) in [4.78, 5) is 16.4. The maximum absolute atomic E-state index is 11.6. The van der Waals surface area contributed by atoms with Crippen molar-refractivity contribution in [3.8, 4) is 0 Å². The van der Waals surface area contributed by atoms with Gasteiger partial charge in [-0.15, -0.1) is 0 Å². The van der Waals surface area contributed by atoms with Gasteiger partial charge in [0.2, 0.25) is 0 Å². The lowest BCUT2D eigenvalue weighted by molar-refractivity contribution is -0.113. The summed E-state index contributed by atoms with van der Waals surface area (Å²) in [6.07, 6.45) is 1.10. The first-order valence-electron chi connectivity index (χ1n) is 6.99. The zero-order chi connectivity index (χ0) is 13.9. The van der Waals surface area contributed by atoms with Gasteiger partial charge in [0.1, 0.15) is 6.29 Å². The summed E-state index contributed by atoms with van der Waals surface area (Å²) in [6, 6.07) is 10.6. The van der Waals surface area contributed by atoms with Crippen molar-refractivity contribution in [3.63, 3.8) is 0 Å². The normalized spacial score (nSPS) is 24.9. The van der Waals surface area contributed by atoms with Crippen molar-refractivity contribution in [3.05, 3.63) is 35.9 Å². The van der Waals surface area contributed by atoms with Crippen LogP contribution in [0.15, 0.2) is 30.3 Å². The number of hydrogen-bond acceptors (Lipinski definition) is 3. The van der Waals surface area contributed by atoms with Crippen molar-refractivity contribution in [1.82, 2.24) is 9.80 Å². The Morgan fingerprint density at radius 3 is 2.58 bits per heavy atom. The molecule has 0 radical (unpaired) electrons. The van der Waals surface area contributed by atoms with E-state index in [-0.39, 0.29) is 0 Å². The Bertz CT molecular complexity index is 420. The van der Waals surface area contributed by atoms with Gasteiger partial charge in [0.15, 0.2) is 0 Å². The van der Waals surface area contributed by atoms with Crippen LogP contribution in [0, 0.1) is 0 Å². The number of aldehydes is 1. The molecule has 1 aliphatic rings. The van der Waals surface area contributed by atoms with Crippen molar-refractivity contribution < 1.29 is 4.79 Å². The second-order valence-electron chi connectivity index (χ2n) is 5.98. The molecular formula is C16H24N2O. The van der Waals surface area contributed by atoms with E-state index in [1.165, 1.54) is 0 Å². The molecule has 1 aromatic rings. The van der Waals surface area contributed by atoms with Gasteiger partial charge in [-0.2, -0.15) is 0 Å². The van der Waals surface area contributed by atoms with Gasteiger partial charge in [-0.3, -0.25) is 4.90 Å². The Labute approximate surface area is 116 Å². The summed E-state index contributed by atoms with van der Waals surface area (Å²) >= 11 is 0. The molecule has 0 amide bonds. The van der Waals surface area contributed by atoms with Crippen molar-refractivity contribution in [2.45, 2.75) is 25.3 Å². The van der Waals surface area contributed by atoms with Gasteiger partial charge in [0.25, 0.3) is 0 Å². The second-order valence-corrected chi connectivity index (χ2v) is 5.98. The van der Waals surface area contributed by atoms with Gasteiger partial charge in [-0.05, 0) is 26.5 Å². The standard InChI is InChI=1S/C16H24N2O/c1-14-11-17(3)9-10-18(14)12-16(2,13-19)15-7-5-4-6-8-15/h4-8,13-14H,9-12H2,1-3H3. The maximum atomic E-state index is 11.6. The van der Waals surface area contributed by atoms with Crippen molar-refractivity contribution >= 4 is 6.29 Å². The van der Waals surface area contributed by atoms with E-state index in [2.05, 4.69) is 35.9 Å². The minimum atomic E-state index is -0.411. The molecule has 2 unspecified atom stereocenters. The van der Waals surface area contributed by atoms with Crippen LogP contribution in [0.1, 0.15) is 19.4 Å². The summed E-state index contributed by atoms with van der Waals surface area (Å²) in [5, 5.41) is 0. The summed E-state index contributed by atoms with van der Waals surface area (Å²) in [5.74, 6) is 0. The number of likely N-dealkylation sites (N-methyl/N-ethyl adjacent to an activating group) is 1. The first-order chi connectivity index (χ1) is 9.05. The highest BCUT2D eigenvalue weighted by atomic mass is 16.1. The van der Waals surface area contributed by atoms with E-state index in [0.717, 1.165) is 38.0 Å². The predicted octanol–water partition coefficient (Wildman–Crippen LogP) is 1.78. The number of rotatable bonds is 4. The number of carbonyl (C=O) groups excluding carboxylic acids is 1. The number of piperazine rings is 1. The molecule has 1 fully saturated rings. The lowest BCUT2D eigenvalue weighted by Gasteiger charge is -2.41. The van der Waals surface area contributed by atoms with Gasteiger partial charge in [0, 0.05) is 32.2 Å². The number of nitrogens with zero attached hydrogens (tertiary/aromatic N) is 2. The summed E-state index contributed by atoms with van der Waals surface area (Å²) in [6.45, 7) is 8.27. The van der Waals surface area contributed by atoms with Crippen LogP contribution in [0.25, 0.3) is 0 Å². The van der Waals surface area contributed by atoms with E-state index in [9.17, 15) is 4.79 Å². The molecule has 104 valence electrons. The van der Waals surface area contributed by atoms with Gasteiger partial charge in [-0.25, -0.2) is 0 Å². The van der Waals surface area contributed by atoms with E-state index in [4.69, 9.17) is 0 Å². The minimum absolute atomic E-state index is 0.411. The first-order valence-corrected chi connectivity index (χ1v) is 6.99. The smallest absolute Gasteiger partial charge is 0.131 e. The number of carbonyl (C=O) groups is 1. The van der Waals surface area contributed by atoms with Crippen LogP contribution in [0.2, 0.25) is 0 Å². The van der Waals surface area contributed by atoms with E-state index < -0.39 is 5.41 Å². The molecule has 3 nitrogen and oxygen atoms in total. The molecule has 0 aliphatic carbocycles. The van der Waals surface area contributed by atoms with Crippen LogP contribution in [0.5, 0.6) is 0 Å². The first kappa shape index (κ1) is 14.2. The lowest BCUT2D eigenvalue weighted by Crippen LogP contribution is -2.54. The Morgan fingerprint density at radius 2 is 2.00 bits per heavy atom. The third-order valence-electron chi connectivity index (χ3n) is 4.19. The molecule has 3 heteroatoms. The molecule has 1 aromatic carbocycles. The Kier molecular flexibility index (Phi) is 4.38. The quantitative estimate of drug-likeness (QED) is 0.771. The second kappa shape index (κ2) is 5.85. The van der Waals surface area contributed by atoms with Crippen LogP contribution in [-0.2, 0) is 10.2 Å². The monoisotopic (exact) mass is 260 g/mol. The molecule has 0 bridgehead atoms. The highest BCUT2D eigenvalue weighted by molar-refractivity contribution is 5.68. The molecule has 0 aromatic heterocycles. The molecule has 1 aliphatic heterocycles. The maximum Gasteiger partial charge on any atom is 0.131 e. The van der Waals surface area contributed by atoms with Gasteiger partial charge in [-0.1, -0.05) is 30.3 Å². The molecule has 19 heavy (non-hydrogen) atoms.